The standard InChI is InChI=1S/C20H16F2N4O/c21-16-2-1-3-17(22)15(16)10-11-18(27)23-14-8-6-13(7-9-14)20-24-19(25-26-20)12-4-5-12/h1-3,6-12H,4-5H2,(H,23,27)(H,24,25,26)/b11-10+. The van der Waals surface area contributed by atoms with Crippen molar-refractivity contribution in [3.63, 3.8) is 0 Å². The minimum Gasteiger partial charge on any atom is -0.323 e. The molecule has 3 aromatic rings. The third-order valence-electron chi connectivity index (χ3n) is 4.28. The van der Waals surface area contributed by atoms with E-state index in [1.54, 1.807) is 24.3 Å². The number of halogens is 2. The summed E-state index contributed by atoms with van der Waals surface area (Å²) >= 11 is 0. The second-order valence-corrected chi connectivity index (χ2v) is 6.35. The summed E-state index contributed by atoms with van der Waals surface area (Å²) in [6.45, 7) is 0. The number of anilines is 1. The van der Waals surface area contributed by atoms with Crippen LogP contribution in [0.5, 0.6) is 0 Å². The molecule has 0 aliphatic heterocycles. The smallest absolute Gasteiger partial charge is 0.248 e. The molecule has 1 heterocycles. The van der Waals surface area contributed by atoms with E-state index in [-0.39, 0.29) is 5.56 Å². The van der Waals surface area contributed by atoms with Crippen molar-refractivity contribution >= 4 is 17.7 Å². The predicted octanol–water partition coefficient (Wildman–Crippen LogP) is 4.28. The van der Waals surface area contributed by atoms with E-state index in [0.29, 0.717) is 17.4 Å². The molecule has 0 spiro atoms. The average Bonchev–Trinajstić information content (AvgIpc) is 3.39. The molecule has 4 rings (SSSR count). The Bertz CT molecular complexity index is 987. The Morgan fingerprint density at radius 1 is 1.11 bits per heavy atom. The van der Waals surface area contributed by atoms with E-state index >= 15 is 0 Å². The molecule has 1 aliphatic carbocycles. The van der Waals surface area contributed by atoms with Gasteiger partial charge in [-0.05, 0) is 55.3 Å². The highest BCUT2D eigenvalue weighted by molar-refractivity contribution is 6.02. The number of hydrogen-bond acceptors (Lipinski definition) is 3. The van der Waals surface area contributed by atoms with Crippen molar-refractivity contribution in [2.45, 2.75) is 18.8 Å². The number of amides is 1. The molecule has 5 nitrogen and oxygen atoms in total. The van der Waals surface area contributed by atoms with Gasteiger partial charge in [-0.25, -0.2) is 13.8 Å². The summed E-state index contributed by atoms with van der Waals surface area (Å²) < 4.78 is 27.1. The minimum absolute atomic E-state index is 0.251. The Morgan fingerprint density at radius 2 is 1.81 bits per heavy atom. The Labute approximate surface area is 154 Å². The first-order chi connectivity index (χ1) is 13.1. The molecule has 1 amide bonds. The van der Waals surface area contributed by atoms with Gasteiger partial charge in [0.1, 0.15) is 17.5 Å². The third kappa shape index (κ3) is 3.92. The monoisotopic (exact) mass is 366 g/mol. The molecule has 7 heteroatoms. The van der Waals surface area contributed by atoms with E-state index in [1.807, 2.05) is 0 Å². The van der Waals surface area contributed by atoms with Gasteiger partial charge in [-0.2, -0.15) is 5.10 Å². The van der Waals surface area contributed by atoms with Gasteiger partial charge in [0.15, 0.2) is 5.82 Å². The lowest BCUT2D eigenvalue weighted by Crippen LogP contribution is -2.07. The molecule has 0 radical (unpaired) electrons. The number of benzene rings is 2. The fourth-order valence-corrected chi connectivity index (χ4v) is 2.66. The van der Waals surface area contributed by atoms with Crippen LogP contribution in [0.1, 0.15) is 30.1 Å². The van der Waals surface area contributed by atoms with E-state index in [9.17, 15) is 13.6 Å². The van der Waals surface area contributed by atoms with Gasteiger partial charge in [0.05, 0.1) is 0 Å². The maximum Gasteiger partial charge on any atom is 0.248 e. The van der Waals surface area contributed by atoms with E-state index in [4.69, 9.17) is 0 Å². The number of rotatable bonds is 5. The molecule has 2 N–H and O–H groups in total. The third-order valence-corrected chi connectivity index (χ3v) is 4.28. The molecule has 0 bridgehead atoms. The summed E-state index contributed by atoms with van der Waals surface area (Å²) in [5.74, 6) is 0.0914. The maximum atomic E-state index is 13.6. The molecular weight excluding hydrogens is 350 g/mol. The fourth-order valence-electron chi connectivity index (χ4n) is 2.66. The van der Waals surface area contributed by atoms with Crippen molar-refractivity contribution in [2.75, 3.05) is 5.32 Å². The number of hydrogen-bond donors (Lipinski definition) is 2. The zero-order valence-corrected chi connectivity index (χ0v) is 14.2. The molecule has 136 valence electrons. The van der Waals surface area contributed by atoms with Crippen LogP contribution < -0.4 is 5.32 Å². The number of aromatic nitrogens is 3. The van der Waals surface area contributed by atoms with Gasteiger partial charge in [0, 0.05) is 28.8 Å². The number of nitrogens with one attached hydrogen (secondary N) is 2. The number of H-pyrrole nitrogens is 1. The van der Waals surface area contributed by atoms with Crippen LogP contribution >= 0.6 is 0 Å². The van der Waals surface area contributed by atoms with Crippen LogP contribution in [-0.2, 0) is 4.79 Å². The van der Waals surface area contributed by atoms with Crippen LogP contribution in [0, 0.1) is 11.6 Å². The Hall–Kier alpha value is -3.35. The summed E-state index contributed by atoms with van der Waals surface area (Å²) in [4.78, 5) is 16.5. The van der Waals surface area contributed by atoms with Gasteiger partial charge in [-0.1, -0.05) is 6.07 Å². The lowest BCUT2D eigenvalue weighted by molar-refractivity contribution is -0.111. The Morgan fingerprint density at radius 3 is 2.48 bits per heavy atom. The average molecular weight is 366 g/mol. The van der Waals surface area contributed by atoms with Gasteiger partial charge in [0.2, 0.25) is 5.91 Å². The van der Waals surface area contributed by atoms with Crippen LogP contribution in [0.15, 0.2) is 48.5 Å². The molecule has 1 aliphatic rings. The van der Waals surface area contributed by atoms with E-state index in [1.165, 1.54) is 6.07 Å². The maximum absolute atomic E-state index is 13.6. The van der Waals surface area contributed by atoms with Gasteiger partial charge >= 0.3 is 0 Å². The first-order valence-corrected chi connectivity index (χ1v) is 8.56. The molecule has 1 saturated carbocycles. The number of nitrogens with zero attached hydrogens (tertiary/aromatic N) is 2. The minimum atomic E-state index is -0.722. The van der Waals surface area contributed by atoms with Crippen molar-refractivity contribution in [3.05, 3.63) is 71.6 Å². The van der Waals surface area contributed by atoms with Gasteiger partial charge < -0.3 is 5.32 Å². The van der Waals surface area contributed by atoms with Crippen molar-refractivity contribution in [2.24, 2.45) is 0 Å². The first-order valence-electron chi connectivity index (χ1n) is 8.56. The summed E-state index contributed by atoms with van der Waals surface area (Å²) in [7, 11) is 0. The largest absolute Gasteiger partial charge is 0.323 e. The topological polar surface area (TPSA) is 70.7 Å². The van der Waals surface area contributed by atoms with Crippen LogP contribution in [0.3, 0.4) is 0 Å². The molecule has 27 heavy (non-hydrogen) atoms. The van der Waals surface area contributed by atoms with Crippen LogP contribution in [-0.4, -0.2) is 21.1 Å². The number of carbonyl (C=O) groups is 1. The van der Waals surface area contributed by atoms with Crippen LogP contribution in [0.25, 0.3) is 17.5 Å². The summed E-state index contributed by atoms with van der Waals surface area (Å²) in [6, 6.07) is 10.6. The van der Waals surface area contributed by atoms with E-state index < -0.39 is 17.5 Å². The van der Waals surface area contributed by atoms with E-state index in [2.05, 4.69) is 20.5 Å². The lowest BCUT2D eigenvalue weighted by atomic mass is 10.1. The molecule has 1 fully saturated rings. The zero-order valence-electron chi connectivity index (χ0n) is 14.2. The van der Waals surface area contributed by atoms with Gasteiger partial charge in [-0.15, -0.1) is 0 Å². The highest BCUT2D eigenvalue weighted by Gasteiger charge is 2.27. The van der Waals surface area contributed by atoms with Crippen molar-refractivity contribution in [3.8, 4) is 11.4 Å². The molecule has 1 aromatic heterocycles. The van der Waals surface area contributed by atoms with Crippen LogP contribution in [0.2, 0.25) is 0 Å². The summed E-state index contributed by atoms with van der Waals surface area (Å²) in [6.07, 6.45) is 4.49. The highest BCUT2D eigenvalue weighted by atomic mass is 19.1. The lowest BCUT2D eigenvalue weighted by Gasteiger charge is -2.03. The quantitative estimate of drug-likeness (QED) is 0.662. The molecule has 0 atom stereocenters. The van der Waals surface area contributed by atoms with Crippen LogP contribution in [0.4, 0.5) is 14.5 Å². The second-order valence-electron chi connectivity index (χ2n) is 6.35. The van der Waals surface area contributed by atoms with Crippen molar-refractivity contribution < 1.29 is 13.6 Å². The van der Waals surface area contributed by atoms with Gasteiger partial charge in [-0.3, -0.25) is 9.89 Å². The molecular formula is C20H16F2N4O. The number of aromatic amines is 1. The fraction of sp³-hybridized carbons (Fsp3) is 0.150. The van der Waals surface area contributed by atoms with E-state index in [0.717, 1.165) is 48.5 Å². The SMILES string of the molecule is O=C(/C=C/c1c(F)cccc1F)Nc1ccc(-c2n[nH]c(C3CC3)n2)cc1. The zero-order chi connectivity index (χ0) is 18.8. The predicted molar refractivity (Wildman–Crippen MR) is 97.8 cm³/mol. The summed E-state index contributed by atoms with van der Waals surface area (Å²) in [5.41, 5.74) is 1.14. The highest BCUT2D eigenvalue weighted by Crippen LogP contribution is 2.38. The molecule has 0 unspecified atom stereocenters. The van der Waals surface area contributed by atoms with Crippen molar-refractivity contribution in [1.82, 2.24) is 15.2 Å². The molecule has 2 aromatic carbocycles. The van der Waals surface area contributed by atoms with Gasteiger partial charge in [0.25, 0.3) is 0 Å². The molecule has 0 saturated heterocycles. The first kappa shape index (κ1) is 17.1. The number of carbonyl (C=O) groups excluding carboxylic acids is 1. The Balaban J connectivity index is 1.41. The normalized spacial score (nSPS) is 13.9. The van der Waals surface area contributed by atoms with Crippen molar-refractivity contribution in [1.29, 1.82) is 0 Å². The second kappa shape index (κ2) is 7.11. The Kier molecular flexibility index (Phi) is 4.50. The summed E-state index contributed by atoms with van der Waals surface area (Å²) in [5, 5.41) is 9.81.